The Balaban J connectivity index is 2.00. The molecule has 0 aromatic carbocycles. The van der Waals surface area contributed by atoms with Crippen molar-refractivity contribution in [3.63, 3.8) is 0 Å². The van der Waals surface area contributed by atoms with Crippen molar-refractivity contribution in [2.24, 2.45) is 5.92 Å². The molecule has 0 aromatic rings. The van der Waals surface area contributed by atoms with E-state index >= 15 is 0 Å². The smallest absolute Gasteiger partial charge is 0.0172 e. The monoisotopic (exact) mass is 194 g/mol. The number of nitrogens with one attached hydrogen (secondary N) is 1. The molecule has 80 valence electrons. The molecule has 2 nitrogen and oxygen atoms in total. The molecule has 1 heterocycles. The van der Waals surface area contributed by atoms with E-state index < -0.39 is 0 Å². The Kier molecular flexibility index (Phi) is 3.22. The highest BCUT2D eigenvalue weighted by Crippen LogP contribution is 2.30. The number of likely N-dealkylation sites (tertiary alicyclic amines) is 1. The van der Waals surface area contributed by atoms with E-state index in [1.165, 1.54) is 45.1 Å². The lowest BCUT2D eigenvalue weighted by molar-refractivity contribution is 0.145. The summed E-state index contributed by atoms with van der Waals surface area (Å²) in [5, 5.41) is 8.05. The molecule has 2 fully saturated rings. The topological polar surface area (TPSA) is 27.1 Å². The van der Waals surface area contributed by atoms with Crippen molar-refractivity contribution in [1.82, 2.24) is 4.90 Å². The van der Waals surface area contributed by atoms with E-state index in [0.29, 0.717) is 12.0 Å². The molecule has 0 radical (unpaired) electrons. The van der Waals surface area contributed by atoms with Gasteiger partial charge in [0.05, 0.1) is 0 Å². The quantitative estimate of drug-likeness (QED) is 0.682. The predicted octanol–water partition coefficient (Wildman–Crippen LogP) is 2.68. The lowest BCUT2D eigenvalue weighted by atomic mass is 9.79. The van der Waals surface area contributed by atoms with Crippen LogP contribution in [0.3, 0.4) is 0 Å². The summed E-state index contributed by atoms with van der Waals surface area (Å²) in [5.74, 6) is 0.592. The van der Waals surface area contributed by atoms with Crippen molar-refractivity contribution in [2.45, 2.75) is 51.0 Å². The van der Waals surface area contributed by atoms with Gasteiger partial charge in [-0.1, -0.05) is 12.8 Å². The molecule has 2 rings (SSSR count). The van der Waals surface area contributed by atoms with E-state index in [9.17, 15) is 0 Å². The Morgan fingerprint density at radius 1 is 1.14 bits per heavy atom. The molecular weight excluding hydrogens is 172 g/mol. The lowest BCUT2D eigenvalue weighted by Gasteiger charge is -2.40. The van der Waals surface area contributed by atoms with Crippen LogP contribution in [0.4, 0.5) is 0 Å². The second-order valence-corrected chi connectivity index (χ2v) is 4.92. The van der Waals surface area contributed by atoms with Gasteiger partial charge in [0.25, 0.3) is 0 Å². The zero-order valence-corrected chi connectivity index (χ0v) is 9.26. The zero-order valence-electron chi connectivity index (χ0n) is 9.26. The highest BCUT2D eigenvalue weighted by atomic mass is 15.1. The number of rotatable bonds is 1. The van der Waals surface area contributed by atoms with Gasteiger partial charge in [-0.15, -0.1) is 0 Å². The van der Waals surface area contributed by atoms with E-state index in [2.05, 4.69) is 11.9 Å². The second kappa shape index (κ2) is 4.43. The predicted molar refractivity (Wildman–Crippen MR) is 60.0 cm³/mol. The van der Waals surface area contributed by atoms with Crippen LogP contribution in [0, 0.1) is 11.3 Å². The van der Waals surface area contributed by atoms with Crippen LogP contribution in [0.2, 0.25) is 0 Å². The summed E-state index contributed by atoms with van der Waals surface area (Å²) in [7, 11) is 2.24. The van der Waals surface area contributed by atoms with Crippen LogP contribution >= 0.6 is 0 Å². The van der Waals surface area contributed by atoms with E-state index in [4.69, 9.17) is 5.41 Å². The fourth-order valence-electron chi connectivity index (χ4n) is 3.07. The molecule has 1 aliphatic heterocycles. The molecule has 0 spiro atoms. The minimum Gasteiger partial charge on any atom is -0.309 e. The zero-order chi connectivity index (χ0) is 9.97. The van der Waals surface area contributed by atoms with Gasteiger partial charge in [-0.2, -0.15) is 0 Å². The maximum absolute atomic E-state index is 8.05. The van der Waals surface area contributed by atoms with E-state index in [-0.39, 0.29) is 0 Å². The highest BCUT2D eigenvalue weighted by Gasteiger charge is 2.31. The van der Waals surface area contributed by atoms with Crippen LogP contribution in [-0.2, 0) is 0 Å². The fourth-order valence-corrected chi connectivity index (χ4v) is 3.07. The second-order valence-electron chi connectivity index (χ2n) is 4.92. The molecule has 14 heavy (non-hydrogen) atoms. The summed E-state index contributed by atoms with van der Waals surface area (Å²) in [5.41, 5.74) is 1.04. The molecule has 0 bridgehead atoms. The standard InChI is InChI=1S/C12H22N2/c1-14-9-5-4-8-12(14)10-6-2-3-7-11(10)13/h10,12-13H,2-9H2,1H3. The maximum Gasteiger partial charge on any atom is 0.0172 e. The Morgan fingerprint density at radius 3 is 2.64 bits per heavy atom. The minimum absolute atomic E-state index is 0.592. The first-order chi connectivity index (χ1) is 6.79. The average molecular weight is 194 g/mol. The summed E-state index contributed by atoms with van der Waals surface area (Å²) in [6.45, 7) is 1.24. The molecule has 2 unspecified atom stereocenters. The largest absolute Gasteiger partial charge is 0.309 e. The van der Waals surface area contributed by atoms with Gasteiger partial charge in [-0.05, 0) is 45.7 Å². The highest BCUT2D eigenvalue weighted by molar-refractivity contribution is 5.85. The van der Waals surface area contributed by atoms with Crippen LogP contribution in [-0.4, -0.2) is 30.2 Å². The van der Waals surface area contributed by atoms with Gasteiger partial charge < -0.3 is 10.3 Å². The van der Waals surface area contributed by atoms with Gasteiger partial charge in [0.1, 0.15) is 0 Å². The number of nitrogens with zero attached hydrogens (tertiary/aromatic N) is 1. The van der Waals surface area contributed by atoms with Gasteiger partial charge in [-0.3, -0.25) is 0 Å². The number of hydrogen-bond acceptors (Lipinski definition) is 2. The van der Waals surface area contributed by atoms with Gasteiger partial charge in [0.2, 0.25) is 0 Å². The maximum atomic E-state index is 8.05. The summed E-state index contributed by atoms with van der Waals surface area (Å²) in [4.78, 5) is 2.49. The first-order valence-corrected chi connectivity index (χ1v) is 6.06. The molecule has 2 aliphatic rings. The van der Waals surface area contributed by atoms with Crippen LogP contribution in [0.5, 0.6) is 0 Å². The van der Waals surface area contributed by atoms with Crippen LogP contribution in [0.1, 0.15) is 44.9 Å². The number of piperidine rings is 1. The Morgan fingerprint density at radius 2 is 1.93 bits per heavy atom. The summed E-state index contributed by atoms with van der Waals surface area (Å²) in [6, 6.07) is 0.691. The lowest BCUT2D eigenvalue weighted by Crippen LogP contribution is -2.45. The SMILES string of the molecule is CN1CCCCC1C1CCCCC1=N. The minimum atomic E-state index is 0.592. The Bertz CT molecular complexity index is 212. The number of hydrogen-bond donors (Lipinski definition) is 1. The average Bonchev–Trinajstić information content (AvgIpc) is 2.20. The molecule has 0 amide bonds. The molecular formula is C12H22N2. The molecule has 1 saturated carbocycles. The van der Waals surface area contributed by atoms with Crippen molar-refractivity contribution in [1.29, 1.82) is 5.41 Å². The third kappa shape index (κ3) is 2.00. The van der Waals surface area contributed by atoms with Crippen LogP contribution in [0.15, 0.2) is 0 Å². The van der Waals surface area contributed by atoms with Crippen molar-refractivity contribution in [3.05, 3.63) is 0 Å². The Hall–Kier alpha value is -0.370. The van der Waals surface area contributed by atoms with Gasteiger partial charge in [-0.25, -0.2) is 0 Å². The van der Waals surface area contributed by atoms with E-state index in [1.807, 2.05) is 0 Å². The fraction of sp³-hybridized carbons (Fsp3) is 0.917. The van der Waals surface area contributed by atoms with Gasteiger partial charge >= 0.3 is 0 Å². The van der Waals surface area contributed by atoms with Crippen molar-refractivity contribution in [3.8, 4) is 0 Å². The van der Waals surface area contributed by atoms with E-state index in [0.717, 1.165) is 12.1 Å². The first-order valence-electron chi connectivity index (χ1n) is 6.06. The van der Waals surface area contributed by atoms with Gasteiger partial charge in [0.15, 0.2) is 0 Å². The van der Waals surface area contributed by atoms with Crippen molar-refractivity contribution >= 4 is 5.71 Å². The third-order valence-corrected chi connectivity index (χ3v) is 3.95. The molecule has 2 heteroatoms. The van der Waals surface area contributed by atoms with E-state index in [1.54, 1.807) is 0 Å². The summed E-state index contributed by atoms with van der Waals surface area (Å²) >= 11 is 0. The van der Waals surface area contributed by atoms with Gasteiger partial charge in [0, 0.05) is 17.7 Å². The van der Waals surface area contributed by atoms with Crippen molar-refractivity contribution < 1.29 is 0 Å². The molecule has 1 saturated heterocycles. The molecule has 0 aromatic heterocycles. The third-order valence-electron chi connectivity index (χ3n) is 3.95. The normalized spacial score (nSPS) is 35.9. The van der Waals surface area contributed by atoms with Crippen molar-refractivity contribution in [2.75, 3.05) is 13.6 Å². The Labute approximate surface area is 87.2 Å². The molecule has 2 atom stereocenters. The van der Waals surface area contributed by atoms with Crippen LogP contribution < -0.4 is 0 Å². The molecule has 1 N–H and O–H groups in total. The molecule has 1 aliphatic carbocycles. The first kappa shape index (κ1) is 10.2. The van der Waals surface area contributed by atoms with Crippen LogP contribution in [0.25, 0.3) is 0 Å². The summed E-state index contributed by atoms with van der Waals surface area (Å²) < 4.78 is 0. The summed E-state index contributed by atoms with van der Waals surface area (Å²) in [6.07, 6.45) is 8.99.